The minimum absolute atomic E-state index is 0.277. The van der Waals surface area contributed by atoms with E-state index in [4.69, 9.17) is 0 Å². The van der Waals surface area contributed by atoms with Gasteiger partial charge in [-0.05, 0) is 11.6 Å². The van der Waals surface area contributed by atoms with Gasteiger partial charge in [-0.3, -0.25) is 0 Å². The van der Waals surface area contributed by atoms with Gasteiger partial charge in [-0.2, -0.15) is 0 Å². The molecule has 15 heavy (non-hydrogen) atoms. The number of aromatic nitrogens is 2. The van der Waals surface area contributed by atoms with E-state index in [1.807, 2.05) is 24.4 Å². The van der Waals surface area contributed by atoms with Crippen molar-refractivity contribution in [2.75, 3.05) is 0 Å². The van der Waals surface area contributed by atoms with Crippen LogP contribution in [0.2, 0.25) is 0 Å². The number of halogens is 2. The Morgan fingerprint density at radius 2 is 2.13 bits per heavy atom. The van der Waals surface area contributed by atoms with Crippen molar-refractivity contribution in [3.05, 3.63) is 52.5 Å². The maximum absolute atomic E-state index is 4.21. The number of rotatable bonds is 3. The summed E-state index contributed by atoms with van der Waals surface area (Å²) in [5.74, 6) is 0.993. The van der Waals surface area contributed by atoms with Gasteiger partial charge in [0.1, 0.15) is 5.82 Å². The fraction of sp³-hybridized carbons (Fsp3) is 0.182. The smallest absolute Gasteiger partial charge is 0.107 e. The van der Waals surface area contributed by atoms with Gasteiger partial charge in [0, 0.05) is 28.1 Å². The predicted molar refractivity (Wildman–Crippen MR) is 68.1 cm³/mol. The molecule has 0 saturated heterocycles. The van der Waals surface area contributed by atoms with Crippen LogP contribution in [0.5, 0.6) is 0 Å². The molecule has 2 nitrogen and oxygen atoms in total. The summed E-state index contributed by atoms with van der Waals surface area (Å²) in [5, 5.41) is 0. The summed E-state index contributed by atoms with van der Waals surface area (Å²) >= 11 is 7.21. The van der Waals surface area contributed by atoms with Crippen LogP contribution in [0, 0.1) is 0 Å². The molecule has 1 heterocycles. The first-order valence-corrected chi connectivity index (χ1v) is 6.35. The highest BCUT2D eigenvalue weighted by Crippen LogP contribution is 2.31. The summed E-state index contributed by atoms with van der Waals surface area (Å²) in [6.45, 7) is 0. The number of nitrogens with zero attached hydrogens (tertiary/aromatic N) is 1. The molecule has 2 rings (SSSR count). The molecule has 4 heteroatoms. The van der Waals surface area contributed by atoms with Crippen molar-refractivity contribution in [3.8, 4) is 0 Å². The lowest BCUT2D eigenvalue weighted by Gasteiger charge is -2.10. The molecule has 2 aromatic rings. The first-order valence-electron chi connectivity index (χ1n) is 4.64. The second-order valence-corrected chi connectivity index (χ2v) is 5.19. The lowest BCUT2D eigenvalue weighted by molar-refractivity contribution is 0.873. The summed E-state index contributed by atoms with van der Waals surface area (Å²) < 4.78 is 1.12. The van der Waals surface area contributed by atoms with Crippen LogP contribution >= 0.6 is 31.9 Å². The number of H-pyrrole nitrogens is 1. The van der Waals surface area contributed by atoms with E-state index in [1.54, 1.807) is 6.20 Å². The van der Waals surface area contributed by atoms with Crippen LogP contribution in [-0.2, 0) is 6.42 Å². The van der Waals surface area contributed by atoms with Crippen molar-refractivity contribution in [3.63, 3.8) is 0 Å². The molecule has 1 atom stereocenters. The maximum atomic E-state index is 4.21. The second kappa shape index (κ2) is 4.94. The zero-order valence-electron chi connectivity index (χ0n) is 7.95. The van der Waals surface area contributed by atoms with E-state index in [2.05, 4.69) is 47.9 Å². The first kappa shape index (κ1) is 10.9. The Bertz CT molecular complexity index is 426. The Balaban J connectivity index is 2.15. The van der Waals surface area contributed by atoms with Crippen LogP contribution in [0.4, 0.5) is 0 Å². The Morgan fingerprint density at radius 1 is 1.33 bits per heavy atom. The Hall–Kier alpha value is -0.610. The summed E-state index contributed by atoms with van der Waals surface area (Å²) in [4.78, 5) is 7.59. The van der Waals surface area contributed by atoms with Gasteiger partial charge in [-0.25, -0.2) is 4.98 Å². The third-order valence-corrected chi connectivity index (χ3v) is 3.71. The van der Waals surface area contributed by atoms with E-state index in [0.717, 1.165) is 16.7 Å². The lowest BCUT2D eigenvalue weighted by Crippen LogP contribution is -1.97. The van der Waals surface area contributed by atoms with Gasteiger partial charge in [-0.1, -0.05) is 50.1 Å². The molecule has 0 bridgehead atoms. The number of benzene rings is 1. The molecule has 0 radical (unpaired) electrons. The van der Waals surface area contributed by atoms with E-state index in [9.17, 15) is 0 Å². The van der Waals surface area contributed by atoms with Crippen molar-refractivity contribution >= 4 is 31.9 Å². The highest BCUT2D eigenvalue weighted by molar-refractivity contribution is 9.11. The van der Waals surface area contributed by atoms with Crippen molar-refractivity contribution < 1.29 is 0 Å². The monoisotopic (exact) mass is 328 g/mol. The number of hydrogen-bond acceptors (Lipinski definition) is 1. The van der Waals surface area contributed by atoms with Crippen LogP contribution in [0.25, 0.3) is 0 Å². The Labute approximate surface area is 105 Å². The molecule has 0 spiro atoms. The largest absolute Gasteiger partial charge is 0.349 e. The van der Waals surface area contributed by atoms with Gasteiger partial charge < -0.3 is 4.98 Å². The molecule has 1 unspecified atom stereocenters. The molecule has 0 amide bonds. The number of imidazole rings is 1. The summed E-state index contributed by atoms with van der Waals surface area (Å²) in [5.41, 5.74) is 1.24. The molecular weight excluding hydrogens is 320 g/mol. The van der Waals surface area contributed by atoms with Crippen LogP contribution in [0.3, 0.4) is 0 Å². The van der Waals surface area contributed by atoms with E-state index in [1.165, 1.54) is 5.56 Å². The SMILES string of the molecule is Brc1ccccc1C(Br)Cc1ncc[nH]1. The molecule has 0 aliphatic heterocycles. The summed E-state index contributed by atoms with van der Waals surface area (Å²) in [7, 11) is 0. The van der Waals surface area contributed by atoms with E-state index < -0.39 is 0 Å². The average Bonchev–Trinajstić information content (AvgIpc) is 2.71. The van der Waals surface area contributed by atoms with Gasteiger partial charge >= 0.3 is 0 Å². The van der Waals surface area contributed by atoms with E-state index >= 15 is 0 Å². The second-order valence-electron chi connectivity index (χ2n) is 3.23. The Morgan fingerprint density at radius 3 is 2.80 bits per heavy atom. The zero-order chi connectivity index (χ0) is 10.7. The van der Waals surface area contributed by atoms with Crippen LogP contribution in [0.1, 0.15) is 16.2 Å². The number of alkyl halides is 1. The van der Waals surface area contributed by atoms with Gasteiger partial charge in [0.05, 0.1) is 0 Å². The molecule has 1 aromatic carbocycles. The van der Waals surface area contributed by atoms with Gasteiger partial charge in [0.25, 0.3) is 0 Å². The normalized spacial score (nSPS) is 12.7. The number of hydrogen-bond donors (Lipinski definition) is 1. The molecule has 0 aliphatic carbocycles. The number of nitrogens with one attached hydrogen (secondary N) is 1. The minimum atomic E-state index is 0.277. The van der Waals surface area contributed by atoms with E-state index in [-0.39, 0.29) is 4.83 Å². The molecule has 0 fully saturated rings. The molecular formula is C11H10Br2N2. The third-order valence-electron chi connectivity index (χ3n) is 2.17. The fourth-order valence-corrected chi connectivity index (χ4v) is 2.99. The molecule has 1 aromatic heterocycles. The fourth-order valence-electron chi connectivity index (χ4n) is 1.42. The van der Waals surface area contributed by atoms with Crippen molar-refractivity contribution in [1.82, 2.24) is 9.97 Å². The zero-order valence-corrected chi connectivity index (χ0v) is 11.1. The summed E-state index contributed by atoms with van der Waals surface area (Å²) in [6, 6.07) is 8.20. The molecule has 0 aliphatic rings. The average molecular weight is 330 g/mol. The quantitative estimate of drug-likeness (QED) is 0.851. The van der Waals surface area contributed by atoms with Crippen molar-refractivity contribution in [2.24, 2.45) is 0 Å². The molecule has 1 N–H and O–H groups in total. The number of aromatic amines is 1. The van der Waals surface area contributed by atoms with E-state index in [0.29, 0.717) is 0 Å². The molecule has 0 saturated carbocycles. The predicted octanol–water partition coefficient (Wildman–Crippen LogP) is 3.85. The lowest BCUT2D eigenvalue weighted by atomic mass is 10.1. The highest BCUT2D eigenvalue weighted by Gasteiger charge is 2.12. The van der Waals surface area contributed by atoms with Crippen molar-refractivity contribution in [2.45, 2.75) is 11.2 Å². The van der Waals surface area contributed by atoms with Gasteiger partial charge in [0.2, 0.25) is 0 Å². The van der Waals surface area contributed by atoms with Crippen molar-refractivity contribution in [1.29, 1.82) is 0 Å². The van der Waals surface area contributed by atoms with Gasteiger partial charge in [0.15, 0.2) is 0 Å². The first-order chi connectivity index (χ1) is 7.27. The third kappa shape index (κ3) is 2.69. The van der Waals surface area contributed by atoms with Crippen LogP contribution in [0.15, 0.2) is 41.1 Å². The van der Waals surface area contributed by atoms with Crippen LogP contribution in [-0.4, -0.2) is 9.97 Å². The minimum Gasteiger partial charge on any atom is -0.349 e. The standard InChI is InChI=1S/C11H10Br2N2/c12-9-4-2-1-3-8(9)10(13)7-11-14-5-6-15-11/h1-6,10H,7H2,(H,14,15). The Kier molecular flexibility index (Phi) is 3.59. The maximum Gasteiger partial charge on any atom is 0.107 e. The van der Waals surface area contributed by atoms with Crippen LogP contribution < -0.4 is 0 Å². The summed E-state index contributed by atoms with van der Waals surface area (Å²) in [6.07, 6.45) is 4.47. The highest BCUT2D eigenvalue weighted by atomic mass is 79.9. The topological polar surface area (TPSA) is 28.7 Å². The molecule has 78 valence electrons. The van der Waals surface area contributed by atoms with Gasteiger partial charge in [-0.15, -0.1) is 0 Å².